The lowest BCUT2D eigenvalue weighted by atomic mass is 10.0. The van der Waals surface area contributed by atoms with Gasteiger partial charge in [-0.1, -0.05) is 13.8 Å². The summed E-state index contributed by atoms with van der Waals surface area (Å²) >= 11 is 1.56. The quantitative estimate of drug-likeness (QED) is 0.617. The molecule has 5 nitrogen and oxygen atoms in total. The van der Waals surface area contributed by atoms with Gasteiger partial charge >= 0.3 is 5.97 Å². The molecule has 0 saturated carbocycles. The standard InChI is InChI=1S/C16H23NO4S/c1-10(2)8-13(16(19)21-4)17-15(18)12-7-6-11(22-5)9-14(12)20-3/h6-7,9-10,13H,8H2,1-5H3,(H,17,18). The molecule has 0 heterocycles. The van der Waals surface area contributed by atoms with Crippen LogP contribution in [0.25, 0.3) is 0 Å². The molecule has 0 bridgehead atoms. The molecule has 0 aliphatic carbocycles. The van der Waals surface area contributed by atoms with Crippen LogP contribution in [-0.4, -0.2) is 38.4 Å². The molecular formula is C16H23NO4S. The Labute approximate surface area is 135 Å². The Balaban J connectivity index is 2.96. The van der Waals surface area contributed by atoms with Crippen molar-refractivity contribution < 1.29 is 19.1 Å². The molecule has 0 aliphatic heterocycles. The van der Waals surface area contributed by atoms with Gasteiger partial charge in [0.05, 0.1) is 19.8 Å². The van der Waals surface area contributed by atoms with E-state index >= 15 is 0 Å². The Hall–Kier alpha value is -1.69. The van der Waals surface area contributed by atoms with Crippen LogP contribution in [0.4, 0.5) is 0 Å². The third-order valence-electron chi connectivity index (χ3n) is 3.15. The molecule has 0 radical (unpaired) electrons. The zero-order valence-corrected chi connectivity index (χ0v) is 14.5. The summed E-state index contributed by atoms with van der Waals surface area (Å²) in [5.74, 6) is -0.0509. The molecule has 1 amide bonds. The smallest absolute Gasteiger partial charge is 0.328 e. The summed E-state index contributed by atoms with van der Waals surface area (Å²) in [6.45, 7) is 3.96. The fourth-order valence-corrected chi connectivity index (χ4v) is 2.48. The molecule has 1 aromatic rings. The molecule has 0 spiro atoms. The number of ether oxygens (including phenoxy) is 2. The number of rotatable bonds is 7. The lowest BCUT2D eigenvalue weighted by Gasteiger charge is -2.19. The SMILES string of the molecule is COC(=O)C(CC(C)C)NC(=O)c1ccc(SC)cc1OC. The van der Waals surface area contributed by atoms with Crippen molar-refractivity contribution in [2.24, 2.45) is 5.92 Å². The second-order valence-corrected chi connectivity index (χ2v) is 6.12. The molecule has 0 aromatic heterocycles. The van der Waals surface area contributed by atoms with Crippen LogP contribution in [0.15, 0.2) is 23.1 Å². The van der Waals surface area contributed by atoms with Crippen molar-refractivity contribution in [3.05, 3.63) is 23.8 Å². The topological polar surface area (TPSA) is 64.6 Å². The van der Waals surface area contributed by atoms with Crippen LogP contribution in [-0.2, 0) is 9.53 Å². The second-order valence-electron chi connectivity index (χ2n) is 5.24. The third-order valence-corrected chi connectivity index (χ3v) is 3.88. The van der Waals surface area contributed by atoms with E-state index < -0.39 is 12.0 Å². The van der Waals surface area contributed by atoms with Gasteiger partial charge in [-0.3, -0.25) is 4.79 Å². The van der Waals surface area contributed by atoms with E-state index in [9.17, 15) is 9.59 Å². The average molecular weight is 325 g/mol. The van der Waals surface area contributed by atoms with Gasteiger partial charge in [0.1, 0.15) is 11.8 Å². The van der Waals surface area contributed by atoms with Crippen LogP contribution >= 0.6 is 11.8 Å². The molecule has 6 heteroatoms. The van der Waals surface area contributed by atoms with Gasteiger partial charge in [-0.15, -0.1) is 11.8 Å². The lowest BCUT2D eigenvalue weighted by molar-refractivity contribution is -0.143. The van der Waals surface area contributed by atoms with E-state index in [-0.39, 0.29) is 11.8 Å². The molecule has 1 rings (SSSR count). The van der Waals surface area contributed by atoms with E-state index in [4.69, 9.17) is 9.47 Å². The minimum Gasteiger partial charge on any atom is -0.496 e. The summed E-state index contributed by atoms with van der Waals surface area (Å²) in [5.41, 5.74) is 0.401. The number of hydrogen-bond acceptors (Lipinski definition) is 5. The number of carbonyl (C=O) groups is 2. The Morgan fingerprint density at radius 2 is 1.95 bits per heavy atom. The van der Waals surface area contributed by atoms with Crippen LogP contribution in [0.1, 0.15) is 30.6 Å². The summed E-state index contributed by atoms with van der Waals surface area (Å²) in [6.07, 6.45) is 2.47. The van der Waals surface area contributed by atoms with Crippen LogP contribution in [0.2, 0.25) is 0 Å². The number of nitrogens with one attached hydrogen (secondary N) is 1. The highest BCUT2D eigenvalue weighted by atomic mass is 32.2. The van der Waals surface area contributed by atoms with Crippen molar-refractivity contribution in [1.82, 2.24) is 5.32 Å². The monoisotopic (exact) mass is 325 g/mol. The Kier molecular flexibility index (Phi) is 7.24. The van der Waals surface area contributed by atoms with Gasteiger partial charge in [-0.05, 0) is 36.8 Å². The van der Waals surface area contributed by atoms with Crippen molar-refractivity contribution in [2.75, 3.05) is 20.5 Å². The first-order valence-corrected chi connectivity index (χ1v) is 8.26. The second kappa shape index (κ2) is 8.68. The first-order valence-electron chi connectivity index (χ1n) is 7.03. The molecule has 1 atom stereocenters. The molecule has 122 valence electrons. The average Bonchev–Trinajstić information content (AvgIpc) is 2.52. The predicted octanol–water partition coefficient (Wildman–Crippen LogP) is 2.73. The number of hydrogen-bond donors (Lipinski definition) is 1. The summed E-state index contributed by atoms with van der Waals surface area (Å²) in [5, 5.41) is 2.73. The lowest BCUT2D eigenvalue weighted by Crippen LogP contribution is -2.42. The molecular weight excluding hydrogens is 302 g/mol. The molecule has 0 saturated heterocycles. The van der Waals surface area contributed by atoms with E-state index in [1.54, 1.807) is 23.9 Å². The molecule has 0 fully saturated rings. The van der Waals surface area contributed by atoms with Crippen molar-refractivity contribution in [2.45, 2.75) is 31.2 Å². The number of amides is 1. The Bertz CT molecular complexity index is 531. The van der Waals surface area contributed by atoms with Gasteiger partial charge in [0, 0.05) is 4.90 Å². The van der Waals surface area contributed by atoms with E-state index in [0.29, 0.717) is 17.7 Å². The number of benzene rings is 1. The van der Waals surface area contributed by atoms with Crippen molar-refractivity contribution in [3.63, 3.8) is 0 Å². The summed E-state index contributed by atoms with van der Waals surface area (Å²) in [7, 11) is 2.83. The van der Waals surface area contributed by atoms with Crippen molar-refractivity contribution in [1.29, 1.82) is 0 Å². The Morgan fingerprint density at radius 3 is 2.45 bits per heavy atom. The van der Waals surface area contributed by atoms with Crippen molar-refractivity contribution in [3.8, 4) is 5.75 Å². The van der Waals surface area contributed by atoms with E-state index in [1.165, 1.54) is 14.2 Å². The van der Waals surface area contributed by atoms with Crippen LogP contribution in [0, 0.1) is 5.92 Å². The minimum atomic E-state index is -0.664. The fourth-order valence-electron chi connectivity index (χ4n) is 2.05. The first-order chi connectivity index (χ1) is 10.4. The van der Waals surface area contributed by atoms with Gasteiger partial charge in [0.25, 0.3) is 5.91 Å². The summed E-state index contributed by atoms with van der Waals surface area (Å²) < 4.78 is 10.0. The predicted molar refractivity (Wildman–Crippen MR) is 87.5 cm³/mol. The van der Waals surface area contributed by atoms with E-state index in [2.05, 4.69) is 5.32 Å². The van der Waals surface area contributed by atoms with Crippen LogP contribution in [0.3, 0.4) is 0 Å². The van der Waals surface area contributed by atoms with Gasteiger partial charge in [-0.2, -0.15) is 0 Å². The van der Waals surface area contributed by atoms with Gasteiger partial charge in [0.2, 0.25) is 0 Å². The van der Waals surface area contributed by atoms with E-state index in [0.717, 1.165) is 4.90 Å². The maximum Gasteiger partial charge on any atom is 0.328 e. The first kappa shape index (κ1) is 18.4. The Morgan fingerprint density at radius 1 is 1.27 bits per heavy atom. The van der Waals surface area contributed by atoms with Gasteiger partial charge in [0.15, 0.2) is 0 Å². The van der Waals surface area contributed by atoms with Gasteiger partial charge in [-0.25, -0.2) is 4.79 Å². The third kappa shape index (κ3) is 4.94. The normalized spacial score (nSPS) is 11.9. The molecule has 0 aliphatic rings. The maximum absolute atomic E-state index is 12.4. The number of carbonyl (C=O) groups excluding carboxylic acids is 2. The zero-order chi connectivity index (χ0) is 16.7. The molecule has 1 N–H and O–H groups in total. The highest BCUT2D eigenvalue weighted by molar-refractivity contribution is 7.98. The largest absolute Gasteiger partial charge is 0.496 e. The fraction of sp³-hybridized carbons (Fsp3) is 0.500. The van der Waals surface area contributed by atoms with Gasteiger partial charge < -0.3 is 14.8 Å². The maximum atomic E-state index is 12.4. The molecule has 1 unspecified atom stereocenters. The highest BCUT2D eigenvalue weighted by Gasteiger charge is 2.24. The minimum absolute atomic E-state index is 0.255. The molecule has 22 heavy (non-hydrogen) atoms. The molecule has 1 aromatic carbocycles. The van der Waals surface area contributed by atoms with Crippen LogP contribution < -0.4 is 10.1 Å². The highest BCUT2D eigenvalue weighted by Crippen LogP contribution is 2.25. The summed E-state index contributed by atoms with van der Waals surface area (Å²) in [4.78, 5) is 25.2. The summed E-state index contributed by atoms with van der Waals surface area (Å²) in [6, 6.07) is 4.68. The number of thioether (sulfide) groups is 1. The van der Waals surface area contributed by atoms with Crippen molar-refractivity contribution >= 4 is 23.6 Å². The van der Waals surface area contributed by atoms with E-state index in [1.807, 2.05) is 26.2 Å². The van der Waals surface area contributed by atoms with Crippen LogP contribution in [0.5, 0.6) is 5.75 Å². The number of methoxy groups -OCH3 is 2. The zero-order valence-electron chi connectivity index (χ0n) is 13.6. The number of esters is 1.